The molecule has 1 N–H and O–H groups in total. The molecule has 2 aliphatic rings. The molecule has 37 heavy (non-hydrogen) atoms. The third-order valence-electron chi connectivity index (χ3n) is 6.82. The van der Waals surface area contributed by atoms with E-state index >= 15 is 0 Å². The molecule has 0 spiro atoms. The third kappa shape index (κ3) is 5.16. The number of allylic oxidation sites excluding steroid dienone is 2. The Morgan fingerprint density at radius 1 is 1.03 bits per heavy atom. The number of anilines is 1. The molecule has 0 radical (unpaired) electrons. The van der Waals surface area contributed by atoms with Gasteiger partial charge in [-0.15, -0.1) is 0 Å². The normalized spacial score (nSPS) is 19.1. The van der Waals surface area contributed by atoms with Crippen LogP contribution in [-0.4, -0.2) is 29.5 Å². The first-order valence-corrected chi connectivity index (χ1v) is 12.4. The second kappa shape index (κ2) is 10.8. The average Bonchev–Trinajstić information content (AvgIpc) is 2.92. The monoisotopic (exact) mass is 495 g/mol. The summed E-state index contributed by atoms with van der Waals surface area (Å²) in [5, 5.41) is 2.91. The molecule has 188 valence electrons. The van der Waals surface area contributed by atoms with Crippen molar-refractivity contribution < 1.29 is 19.1 Å². The Kier molecular flexibility index (Phi) is 7.12. The van der Waals surface area contributed by atoms with Gasteiger partial charge in [0.2, 0.25) is 5.91 Å². The number of carbonyl (C=O) groups excluding carboxylic acids is 2. The maximum Gasteiger partial charge on any atom is 0.235 e. The largest absolute Gasteiger partial charge is 0.493 e. The van der Waals surface area contributed by atoms with Crippen molar-refractivity contribution in [3.63, 3.8) is 0 Å². The van der Waals surface area contributed by atoms with Gasteiger partial charge in [0, 0.05) is 35.5 Å². The second-order valence-electron chi connectivity index (χ2n) is 9.23. The van der Waals surface area contributed by atoms with E-state index in [2.05, 4.69) is 10.3 Å². The number of aromatic nitrogens is 1. The lowest BCUT2D eigenvalue weighted by atomic mass is 9.71. The number of ketones is 1. The van der Waals surface area contributed by atoms with Crippen molar-refractivity contribution in [3.8, 4) is 11.5 Å². The van der Waals surface area contributed by atoms with Gasteiger partial charge in [0.25, 0.3) is 0 Å². The summed E-state index contributed by atoms with van der Waals surface area (Å²) < 4.78 is 11.7. The Bertz CT molecular complexity index is 1370. The average molecular weight is 496 g/mol. The zero-order valence-electron chi connectivity index (χ0n) is 20.9. The minimum Gasteiger partial charge on any atom is -0.493 e. The van der Waals surface area contributed by atoms with Gasteiger partial charge in [0.1, 0.15) is 12.4 Å². The molecule has 0 saturated heterocycles. The number of aliphatic imine (C=N–C) groups is 1. The molecule has 1 aliphatic heterocycles. The highest BCUT2D eigenvalue weighted by Gasteiger charge is 2.42. The maximum atomic E-state index is 13.6. The van der Waals surface area contributed by atoms with Crippen molar-refractivity contribution in [2.75, 3.05) is 12.4 Å². The summed E-state index contributed by atoms with van der Waals surface area (Å²) >= 11 is 0. The Labute approximate surface area is 216 Å². The summed E-state index contributed by atoms with van der Waals surface area (Å²) in [6, 6.07) is 20.9. The third-order valence-corrected chi connectivity index (χ3v) is 6.82. The number of Topliss-reactive ketones (excluding diaryl/α,β-unsaturated/α-hetero) is 1. The van der Waals surface area contributed by atoms with Crippen LogP contribution in [-0.2, 0) is 16.2 Å². The number of hydrogen-bond acceptors (Lipinski definition) is 6. The minimum atomic E-state index is -0.663. The van der Waals surface area contributed by atoms with Gasteiger partial charge in [-0.2, -0.15) is 0 Å². The van der Waals surface area contributed by atoms with E-state index in [1.165, 1.54) is 0 Å². The minimum absolute atomic E-state index is 0.0431. The van der Waals surface area contributed by atoms with Crippen molar-refractivity contribution in [2.24, 2.45) is 10.9 Å². The van der Waals surface area contributed by atoms with Crippen molar-refractivity contribution >= 4 is 23.2 Å². The number of nitrogens with one attached hydrogen (secondary N) is 1. The van der Waals surface area contributed by atoms with Crippen LogP contribution in [0.15, 0.2) is 89.2 Å². The summed E-state index contributed by atoms with van der Waals surface area (Å²) in [7, 11) is 1.59. The number of methoxy groups -OCH3 is 1. The number of pyridine rings is 1. The van der Waals surface area contributed by atoms with E-state index in [1.54, 1.807) is 25.4 Å². The molecule has 3 aromatic rings. The number of benzene rings is 2. The van der Waals surface area contributed by atoms with E-state index in [1.807, 2.05) is 61.5 Å². The molecule has 7 heteroatoms. The number of hydrogen-bond donors (Lipinski definition) is 1. The summed E-state index contributed by atoms with van der Waals surface area (Å²) in [6.07, 6.45) is 3.56. The zero-order chi connectivity index (χ0) is 25.8. The molecule has 1 amide bonds. The fourth-order valence-electron chi connectivity index (χ4n) is 5.08. The molecule has 1 unspecified atom stereocenters. The van der Waals surface area contributed by atoms with Crippen molar-refractivity contribution in [1.29, 1.82) is 0 Å². The van der Waals surface area contributed by atoms with Crippen LogP contribution in [0.1, 0.15) is 43.2 Å². The second-order valence-corrected chi connectivity index (χ2v) is 9.23. The van der Waals surface area contributed by atoms with E-state index in [-0.39, 0.29) is 11.7 Å². The van der Waals surface area contributed by atoms with Crippen LogP contribution in [0, 0.1) is 5.92 Å². The molecular weight excluding hydrogens is 466 g/mol. The molecule has 0 fully saturated rings. The van der Waals surface area contributed by atoms with Gasteiger partial charge < -0.3 is 14.8 Å². The van der Waals surface area contributed by atoms with Crippen LogP contribution < -0.4 is 14.8 Å². The Morgan fingerprint density at radius 2 is 1.84 bits per heavy atom. The van der Waals surface area contributed by atoms with E-state index in [0.717, 1.165) is 29.7 Å². The van der Waals surface area contributed by atoms with Gasteiger partial charge in [-0.05, 0) is 55.2 Å². The standard InChI is InChI=1S/C30H29N3O4/c1-19-27(30(35)33-26-13-6-7-16-31-26)28(29-22(32-19)11-8-12-23(29)34)21-14-15-24(25(17-21)36-2)37-18-20-9-4-3-5-10-20/h3-7,9-10,13-17,27-28H,8,11-12,18H2,1-2H3,(H,31,33,35)/t27?,28-/m1/s1. The highest BCUT2D eigenvalue weighted by atomic mass is 16.5. The first-order chi connectivity index (χ1) is 18.0. The zero-order valence-corrected chi connectivity index (χ0v) is 20.9. The van der Waals surface area contributed by atoms with Crippen molar-refractivity contribution in [1.82, 2.24) is 4.98 Å². The Hall–Kier alpha value is -4.26. The smallest absolute Gasteiger partial charge is 0.235 e. The molecule has 5 rings (SSSR count). The van der Waals surface area contributed by atoms with E-state index in [0.29, 0.717) is 41.6 Å². The van der Waals surface area contributed by atoms with E-state index < -0.39 is 11.8 Å². The Balaban J connectivity index is 1.51. The van der Waals surface area contributed by atoms with Gasteiger partial charge in [-0.1, -0.05) is 42.5 Å². The fraction of sp³-hybridized carbons (Fsp3) is 0.267. The molecule has 0 saturated carbocycles. The molecule has 2 atom stereocenters. The number of amides is 1. The summed E-state index contributed by atoms with van der Waals surface area (Å²) in [4.78, 5) is 35.8. The molecular formula is C30H29N3O4. The predicted octanol–water partition coefficient (Wildman–Crippen LogP) is 5.49. The molecule has 2 heterocycles. The maximum absolute atomic E-state index is 13.6. The summed E-state index contributed by atoms with van der Waals surface area (Å²) in [6.45, 7) is 2.25. The summed E-state index contributed by atoms with van der Waals surface area (Å²) in [5.74, 6) is 0.235. The lowest BCUT2D eigenvalue weighted by Gasteiger charge is -2.35. The number of nitrogens with zero attached hydrogens (tertiary/aromatic N) is 2. The van der Waals surface area contributed by atoms with Crippen LogP contribution in [0.25, 0.3) is 0 Å². The number of ether oxygens (including phenoxy) is 2. The fourth-order valence-corrected chi connectivity index (χ4v) is 5.08. The molecule has 1 aromatic heterocycles. The number of carbonyl (C=O) groups is 2. The van der Waals surface area contributed by atoms with E-state index in [4.69, 9.17) is 14.5 Å². The van der Waals surface area contributed by atoms with Gasteiger partial charge in [-0.25, -0.2) is 4.98 Å². The lowest BCUT2D eigenvalue weighted by Crippen LogP contribution is -2.39. The van der Waals surface area contributed by atoms with Crippen LogP contribution >= 0.6 is 0 Å². The highest BCUT2D eigenvalue weighted by molar-refractivity contribution is 6.13. The van der Waals surface area contributed by atoms with Crippen molar-refractivity contribution in [3.05, 3.63) is 95.3 Å². The van der Waals surface area contributed by atoms with Crippen LogP contribution in [0.2, 0.25) is 0 Å². The quantitative estimate of drug-likeness (QED) is 0.468. The van der Waals surface area contributed by atoms with Gasteiger partial charge in [-0.3, -0.25) is 14.6 Å². The predicted molar refractivity (Wildman–Crippen MR) is 142 cm³/mol. The number of rotatable bonds is 7. The van der Waals surface area contributed by atoms with Crippen LogP contribution in [0.3, 0.4) is 0 Å². The Morgan fingerprint density at radius 3 is 2.59 bits per heavy atom. The van der Waals surface area contributed by atoms with Gasteiger partial charge >= 0.3 is 0 Å². The van der Waals surface area contributed by atoms with Gasteiger partial charge in [0.15, 0.2) is 17.3 Å². The van der Waals surface area contributed by atoms with Crippen molar-refractivity contribution in [2.45, 2.75) is 38.7 Å². The van der Waals surface area contributed by atoms with E-state index in [9.17, 15) is 9.59 Å². The molecule has 7 nitrogen and oxygen atoms in total. The first kappa shape index (κ1) is 24.4. The molecule has 1 aliphatic carbocycles. The summed E-state index contributed by atoms with van der Waals surface area (Å²) in [5.41, 5.74) is 3.93. The van der Waals surface area contributed by atoms with Crippen LogP contribution in [0.5, 0.6) is 11.5 Å². The molecule has 2 aromatic carbocycles. The van der Waals surface area contributed by atoms with Crippen LogP contribution in [0.4, 0.5) is 5.82 Å². The topological polar surface area (TPSA) is 89.9 Å². The molecule has 0 bridgehead atoms. The SMILES string of the molecule is COc1cc([C@H]2C3=C(CCCC3=O)N=C(C)C2C(=O)Nc2ccccn2)ccc1OCc1ccccc1. The van der Waals surface area contributed by atoms with Gasteiger partial charge in [0.05, 0.1) is 13.0 Å². The first-order valence-electron chi connectivity index (χ1n) is 12.4. The lowest BCUT2D eigenvalue weighted by molar-refractivity contribution is -0.119. The highest BCUT2D eigenvalue weighted by Crippen LogP contribution is 2.45.